The van der Waals surface area contributed by atoms with E-state index in [1.807, 2.05) is 12.1 Å². The lowest BCUT2D eigenvalue weighted by molar-refractivity contribution is 0.0697. The van der Waals surface area contributed by atoms with Crippen LogP contribution in [0.2, 0.25) is 0 Å². The minimum absolute atomic E-state index is 0.0961. The minimum atomic E-state index is -0.925. The van der Waals surface area contributed by atoms with E-state index >= 15 is 0 Å². The number of hydrogen-bond donors (Lipinski definition) is 2. The summed E-state index contributed by atoms with van der Waals surface area (Å²) in [5, 5.41) is 18.9. The van der Waals surface area contributed by atoms with Crippen LogP contribution in [0.25, 0.3) is 0 Å². The maximum atomic E-state index is 13.1. The molecule has 1 fully saturated rings. The molecule has 4 nitrogen and oxygen atoms in total. The quantitative estimate of drug-likeness (QED) is 0.847. The van der Waals surface area contributed by atoms with Gasteiger partial charge >= 0.3 is 5.97 Å². The van der Waals surface area contributed by atoms with E-state index in [0.29, 0.717) is 0 Å². The Hall–Kier alpha value is -2.24. The van der Waals surface area contributed by atoms with Crippen molar-refractivity contribution >= 4 is 5.97 Å². The SMILES string of the molecule is O=C(O)c1ccc(CN2CCC(CO)(Cc3ccc(F)cc3)C2)cc1. The maximum absolute atomic E-state index is 13.1. The van der Waals surface area contributed by atoms with E-state index in [-0.39, 0.29) is 23.4 Å². The third-order valence-electron chi connectivity index (χ3n) is 4.95. The van der Waals surface area contributed by atoms with Crippen molar-refractivity contribution in [1.82, 2.24) is 4.90 Å². The highest BCUT2D eigenvalue weighted by Gasteiger charge is 2.37. The number of benzene rings is 2. The predicted molar refractivity (Wildman–Crippen MR) is 92.9 cm³/mol. The average Bonchev–Trinajstić information content (AvgIpc) is 3.01. The zero-order valence-electron chi connectivity index (χ0n) is 14.0. The molecule has 0 aliphatic carbocycles. The van der Waals surface area contributed by atoms with Crippen molar-refractivity contribution in [1.29, 1.82) is 0 Å². The van der Waals surface area contributed by atoms with Gasteiger partial charge in [0.05, 0.1) is 12.2 Å². The molecule has 25 heavy (non-hydrogen) atoms. The Labute approximate surface area is 146 Å². The fourth-order valence-electron chi connectivity index (χ4n) is 3.54. The third kappa shape index (κ3) is 4.24. The Morgan fingerprint density at radius 2 is 1.72 bits per heavy atom. The Kier molecular flexibility index (Phi) is 5.16. The van der Waals surface area contributed by atoms with Crippen molar-refractivity contribution in [3.8, 4) is 0 Å². The lowest BCUT2D eigenvalue weighted by atomic mass is 9.81. The summed E-state index contributed by atoms with van der Waals surface area (Å²) in [7, 11) is 0. The molecule has 1 aliphatic heterocycles. The van der Waals surface area contributed by atoms with Gasteiger partial charge < -0.3 is 10.2 Å². The first-order chi connectivity index (χ1) is 12.0. The van der Waals surface area contributed by atoms with Gasteiger partial charge in [-0.05, 0) is 54.8 Å². The summed E-state index contributed by atoms with van der Waals surface area (Å²) in [4.78, 5) is 13.2. The first-order valence-corrected chi connectivity index (χ1v) is 8.40. The smallest absolute Gasteiger partial charge is 0.335 e. The van der Waals surface area contributed by atoms with Crippen molar-refractivity contribution in [3.63, 3.8) is 0 Å². The van der Waals surface area contributed by atoms with E-state index in [0.717, 1.165) is 43.6 Å². The molecule has 5 heteroatoms. The van der Waals surface area contributed by atoms with Crippen LogP contribution in [0, 0.1) is 11.2 Å². The summed E-state index contributed by atoms with van der Waals surface area (Å²) < 4.78 is 13.1. The predicted octanol–water partition coefficient (Wildman–Crippen LogP) is 2.95. The van der Waals surface area contributed by atoms with Crippen molar-refractivity contribution in [2.45, 2.75) is 19.4 Å². The first-order valence-electron chi connectivity index (χ1n) is 8.40. The molecule has 1 atom stereocenters. The fourth-order valence-corrected chi connectivity index (χ4v) is 3.54. The standard InChI is InChI=1S/C20H22FNO3/c21-18-7-3-15(4-8-18)11-20(14-23)9-10-22(13-20)12-16-1-5-17(6-2-16)19(24)25/h1-8,23H,9-14H2,(H,24,25). The molecule has 0 amide bonds. The molecule has 132 valence electrons. The third-order valence-corrected chi connectivity index (χ3v) is 4.95. The number of carboxylic acid groups (broad SMARTS) is 1. The zero-order valence-corrected chi connectivity index (χ0v) is 14.0. The van der Waals surface area contributed by atoms with Crippen molar-refractivity contribution < 1.29 is 19.4 Å². The second kappa shape index (κ2) is 7.33. The molecule has 1 aliphatic rings. The molecule has 0 spiro atoms. The van der Waals surface area contributed by atoms with E-state index in [2.05, 4.69) is 4.90 Å². The number of halogens is 1. The molecule has 3 rings (SSSR count). The molecule has 2 N–H and O–H groups in total. The van der Waals surface area contributed by atoms with E-state index in [1.165, 1.54) is 12.1 Å². The van der Waals surface area contributed by atoms with Crippen LogP contribution in [0.3, 0.4) is 0 Å². The zero-order chi connectivity index (χ0) is 17.9. The normalized spacial score (nSPS) is 20.7. The number of rotatable bonds is 6. The highest BCUT2D eigenvalue weighted by atomic mass is 19.1. The number of nitrogens with zero attached hydrogens (tertiary/aromatic N) is 1. The number of hydrogen-bond acceptors (Lipinski definition) is 3. The minimum Gasteiger partial charge on any atom is -0.478 e. The summed E-state index contributed by atoms with van der Waals surface area (Å²) in [5.74, 6) is -1.18. The Balaban J connectivity index is 1.64. The van der Waals surface area contributed by atoms with Crippen LogP contribution in [-0.2, 0) is 13.0 Å². The van der Waals surface area contributed by atoms with Gasteiger partial charge in [0, 0.05) is 18.5 Å². The summed E-state index contributed by atoms with van der Waals surface area (Å²) in [6.07, 6.45) is 1.60. The number of carbonyl (C=O) groups is 1. The Morgan fingerprint density at radius 1 is 1.08 bits per heavy atom. The van der Waals surface area contributed by atoms with Crippen molar-refractivity contribution in [3.05, 3.63) is 71.0 Å². The van der Waals surface area contributed by atoms with Gasteiger partial charge in [0.2, 0.25) is 0 Å². The van der Waals surface area contributed by atoms with E-state index in [1.54, 1.807) is 24.3 Å². The molecule has 2 aromatic carbocycles. The first kappa shape index (κ1) is 17.6. The monoisotopic (exact) mass is 343 g/mol. The topological polar surface area (TPSA) is 60.8 Å². The second-order valence-corrected chi connectivity index (χ2v) is 6.92. The van der Waals surface area contributed by atoms with Crippen LogP contribution < -0.4 is 0 Å². The maximum Gasteiger partial charge on any atom is 0.335 e. The number of carboxylic acids is 1. The van der Waals surface area contributed by atoms with Gasteiger partial charge in [-0.2, -0.15) is 0 Å². The van der Waals surface area contributed by atoms with Gasteiger partial charge in [-0.1, -0.05) is 24.3 Å². The highest BCUT2D eigenvalue weighted by Crippen LogP contribution is 2.34. The lowest BCUT2D eigenvalue weighted by Gasteiger charge is -2.27. The lowest BCUT2D eigenvalue weighted by Crippen LogP contribution is -2.32. The van der Waals surface area contributed by atoms with Gasteiger partial charge in [-0.3, -0.25) is 4.90 Å². The number of aliphatic hydroxyl groups is 1. The summed E-state index contributed by atoms with van der Waals surface area (Å²) in [6, 6.07) is 13.4. The van der Waals surface area contributed by atoms with Crippen molar-refractivity contribution in [2.24, 2.45) is 5.41 Å². The highest BCUT2D eigenvalue weighted by molar-refractivity contribution is 5.87. The van der Waals surface area contributed by atoms with Crippen LogP contribution in [0.4, 0.5) is 4.39 Å². The summed E-state index contributed by atoms with van der Waals surface area (Å²) in [5.41, 5.74) is 2.16. The molecule has 0 saturated carbocycles. The van der Waals surface area contributed by atoms with Crippen LogP contribution >= 0.6 is 0 Å². The summed E-state index contributed by atoms with van der Waals surface area (Å²) >= 11 is 0. The molecular weight excluding hydrogens is 321 g/mol. The molecule has 2 aromatic rings. The number of likely N-dealkylation sites (tertiary alicyclic amines) is 1. The van der Waals surface area contributed by atoms with Gasteiger partial charge in [-0.15, -0.1) is 0 Å². The van der Waals surface area contributed by atoms with Gasteiger partial charge in [-0.25, -0.2) is 9.18 Å². The van der Waals surface area contributed by atoms with E-state index in [4.69, 9.17) is 5.11 Å². The molecule has 1 unspecified atom stereocenters. The second-order valence-electron chi connectivity index (χ2n) is 6.92. The largest absolute Gasteiger partial charge is 0.478 e. The average molecular weight is 343 g/mol. The van der Waals surface area contributed by atoms with Gasteiger partial charge in [0.15, 0.2) is 0 Å². The van der Waals surface area contributed by atoms with E-state index in [9.17, 15) is 14.3 Å². The van der Waals surface area contributed by atoms with Crippen LogP contribution in [0.1, 0.15) is 27.9 Å². The van der Waals surface area contributed by atoms with Crippen LogP contribution in [0.15, 0.2) is 48.5 Å². The van der Waals surface area contributed by atoms with Crippen LogP contribution in [-0.4, -0.2) is 40.8 Å². The fraction of sp³-hybridized carbons (Fsp3) is 0.350. The van der Waals surface area contributed by atoms with Crippen molar-refractivity contribution in [2.75, 3.05) is 19.7 Å². The Bertz CT molecular complexity index is 730. The molecular formula is C20H22FNO3. The van der Waals surface area contributed by atoms with E-state index < -0.39 is 5.97 Å². The number of aromatic carboxylic acids is 1. The molecule has 1 heterocycles. The Morgan fingerprint density at radius 3 is 2.32 bits per heavy atom. The summed E-state index contributed by atoms with van der Waals surface area (Å²) in [6.45, 7) is 2.47. The number of aliphatic hydroxyl groups excluding tert-OH is 1. The molecule has 0 radical (unpaired) electrons. The molecule has 0 aromatic heterocycles. The van der Waals surface area contributed by atoms with Gasteiger partial charge in [0.1, 0.15) is 5.82 Å². The van der Waals surface area contributed by atoms with Crippen LogP contribution in [0.5, 0.6) is 0 Å². The molecule has 1 saturated heterocycles. The molecule has 0 bridgehead atoms. The van der Waals surface area contributed by atoms with Gasteiger partial charge in [0.25, 0.3) is 0 Å².